The number of amides is 2. The van der Waals surface area contributed by atoms with E-state index in [4.69, 9.17) is 0 Å². The maximum absolute atomic E-state index is 13.3. The van der Waals surface area contributed by atoms with Crippen LogP contribution in [0.25, 0.3) is 0 Å². The van der Waals surface area contributed by atoms with Crippen molar-refractivity contribution in [3.63, 3.8) is 0 Å². The standard InChI is InChI=1S/C32H41N5O2/c1-4-36(5-2)32(39)27-18-21-37(22-19-27)28-15-16-29(34-23-28)35-31(38)30(26-9-7-6-8-10-26)33-20-17-25-13-11-24(3)12-14-25/h6-16,23,27,30,33H,4-5,17-22H2,1-3H3,(H,34,35,38)/t30-/m0/s1. The van der Waals surface area contributed by atoms with Crippen molar-refractivity contribution in [2.75, 3.05) is 42.9 Å². The topological polar surface area (TPSA) is 77.6 Å². The van der Waals surface area contributed by atoms with Crippen LogP contribution < -0.4 is 15.5 Å². The number of carbonyl (C=O) groups is 2. The Balaban J connectivity index is 1.34. The zero-order chi connectivity index (χ0) is 27.6. The lowest BCUT2D eigenvalue weighted by Crippen LogP contribution is -2.42. The number of hydrogen-bond donors (Lipinski definition) is 2. The molecule has 3 aromatic rings. The van der Waals surface area contributed by atoms with E-state index in [0.717, 1.165) is 56.7 Å². The van der Waals surface area contributed by atoms with Crippen LogP contribution in [-0.4, -0.2) is 54.4 Å². The third kappa shape index (κ3) is 7.67. The van der Waals surface area contributed by atoms with E-state index in [2.05, 4.69) is 51.7 Å². The van der Waals surface area contributed by atoms with E-state index in [1.165, 1.54) is 11.1 Å². The van der Waals surface area contributed by atoms with Gasteiger partial charge in [-0.15, -0.1) is 0 Å². The van der Waals surface area contributed by atoms with Crippen molar-refractivity contribution in [2.24, 2.45) is 5.92 Å². The molecule has 0 spiro atoms. The number of pyridine rings is 1. The van der Waals surface area contributed by atoms with Crippen molar-refractivity contribution in [3.05, 3.63) is 89.6 Å². The van der Waals surface area contributed by atoms with Gasteiger partial charge in [0.25, 0.3) is 0 Å². The summed E-state index contributed by atoms with van der Waals surface area (Å²) in [7, 11) is 0. The van der Waals surface area contributed by atoms with E-state index in [0.29, 0.717) is 12.4 Å². The molecule has 0 bridgehead atoms. The molecule has 1 atom stereocenters. The van der Waals surface area contributed by atoms with Gasteiger partial charge in [0.15, 0.2) is 0 Å². The molecule has 39 heavy (non-hydrogen) atoms. The maximum Gasteiger partial charge on any atom is 0.247 e. The summed E-state index contributed by atoms with van der Waals surface area (Å²) in [6.45, 7) is 10.0. The summed E-state index contributed by atoms with van der Waals surface area (Å²) in [6, 6.07) is 21.6. The maximum atomic E-state index is 13.3. The second-order valence-corrected chi connectivity index (χ2v) is 10.2. The van der Waals surface area contributed by atoms with E-state index in [9.17, 15) is 9.59 Å². The van der Waals surface area contributed by atoms with Gasteiger partial charge >= 0.3 is 0 Å². The largest absolute Gasteiger partial charge is 0.370 e. The van der Waals surface area contributed by atoms with Crippen molar-refractivity contribution in [1.82, 2.24) is 15.2 Å². The zero-order valence-electron chi connectivity index (χ0n) is 23.4. The van der Waals surface area contributed by atoms with Gasteiger partial charge in [-0.25, -0.2) is 4.98 Å². The minimum Gasteiger partial charge on any atom is -0.370 e. The van der Waals surface area contributed by atoms with Crippen LogP contribution >= 0.6 is 0 Å². The average Bonchev–Trinajstić information content (AvgIpc) is 2.98. The molecular weight excluding hydrogens is 486 g/mol. The summed E-state index contributed by atoms with van der Waals surface area (Å²) >= 11 is 0. The molecule has 0 saturated carbocycles. The molecular formula is C32H41N5O2. The van der Waals surface area contributed by atoms with Gasteiger partial charge in [-0.1, -0.05) is 60.2 Å². The Morgan fingerprint density at radius 3 is 2.28 bits per heavy atom. The number of carbonyl (C=O) groups excluding carboxylic acids is 2. The van der Waals surface area contributed by atoms with E-state index in [1.54, 1.807) is 0 Å². The van der Waals surface area contributed by atoms with E-state index < -0.39 is 6.04 Å². The Morgan fingerprint density at radius 2 is 1.67 bits per heavy atom. The smallest absolute Gasteiger partial charge is 0.247 e. The number of nitrogens with zero attached hydrogens (tertiary/aromatic N) is 3. The zero-order valence-corrected chi connectivity index (χ0v) is 23.4. The van der Waals surface area contributed by atoms with Gasteiger partial charge in [0.2, 0.25) is 11.8 Å². The molecule has 2 heterocycles. The van der Waals surface area contributed by atoms with Crippen molar-refractivity contribution in [1.29, 1.82) is 0 Å². The highest BCUT2D eigenvalue weighted by Crippen LogP contribution is 2.25. The Bertz CT molecular complexity index is 1190. The van der Waals surface area contributed by atoms with E-state index in [1.807, 2.05) is 67.4 Å². The fourth-order valence-corrected chi connectivity index (χ4v) is 5.15. The van der Waals surface area contributed by atoms with Crippen LogP contribution in [0.1, 0.15) is 49.4 Å². The summed E-state index contributed by atoms with van der Waals surface area (Å²) in [4.78, 5) is 34.8. The molecule has 7 nitrogen and oxygen atoms in total. The third-order valence-corrected chi connectivity index (χ3v) is 7.56. The van der Waals surface area contributed by atoms with Crippen molar-refractivity contribution in [2.45, 2.75) is 46.1 Å². The number of nitrogens with one attached hydrogen (secondary N) is 2. The van der Waals surface area contributed by atoms with Crippen LogP contribution in [0.3, 0.4) is 0 Å². The fraction of sp³-hybridized carbons (Fsp3) is 0.406. The van der Waals surface area contributed by atoms with Crippen molar-refractivity contribution >= 4 is 23.3 Å². The number of anilines is 2. The summed E-state index contributed by atoms with van der Waals surface area (Å²) < 4.78 is 0. The molecule has 206 valence electrons. The van der Waals surface area contributed by atoms with Crippen molar-refractivity contribution < 1.29 is 9.59 Å². The second-order valence-electron chi connectivity index (χ2n) is 10.2. The lowest BCUT2D eigenvalue weighted by atomic mass is 9.95. The quantitative estimate of drug-likeness (QED) is 0.368. The number of piperidine rings is 1. The summed E-state index contributed by atoms with van der Waals surface area (Å²) in [5.41, 5.74) is 4.40. The van der Waals surface area contributed by atoms with Gasteiger partial charge < -0.3 is 20.4 Å². The van der Waals surface area contributed by atoms with Crippen LogP contribution in [0, 0.1) is 12.8 Å². The molecule has 1 aliphatic rings. The minimum absolute atomic E-state index is 0.0982. The van der Waals surface area contributed by atoms with Gasteiger partial charge in [0, 0.05) is 38.6 Å². The Labute approximate surface area is 232 Å². The summed E-state index contributed by atoms with van der Waals surface area (Å²) in [6.07, 6.45) is 4.34. The highest BCUT2D eigenvalue weighted by Gasteiger charge is 2.28. The first-order valence-electron chi connectivity index (χ1n) is 14.1. The molecule has 1 fully saturated rings. The second kappa shape index (κ2) is 13.9. The van der Waals surface area contributed by atoms with Crippen LogP contribution in [-0.2, 0) is 16.0 Å². The monoisotopic (exact) mass is 527 g/mol. The van der Waals surface area contributed by atoms with Crippen LogP contribution in [0.2, 0.25) is 0 Å². The SMILES string of the molecule is CCN(CC)C(=O)C1CCN(c2ccc(NC(=O)[C@@H](NCCc3ccc(C)cc3)c3ccccc3)nc2)CC1. The number of aromatic nitrogens is 1. The van der Waals surface area contributed by atoms with E-state index in [-0.39, 0.29) is 17.7 Å². The highest BCUT2D eigenvalue weighted by molar-refractivity contribution is 5.94. The van der Waals surface area contributed by atoms with Gasteiger partial charge in [-0.05, 0) is 63.3 Å². The van der Waals surface area contributed by atoms with Crippen LogP contribution in [0.5, 0.6) is 0 Å². The molecule has 1 aromatic heterocycles. The molecule has 1 aliphatic heterocycles. The average molecular weight is 528 g/mol. The predicted molar refractivity (Wildman–Crippen MR) is 158 cm³/mol. The summed E-state index contributed by atoms with van der Waals surface area (Å²) in [5, 5.41) is 6.43. The first kappa shape index (κ1) is 28.3. The molecule has 0 unspecified atom stereocenters. The Kier molecular flexibility index (Phi) is 10.1. The van der Waals surface area contributed by atoms with E-state index >= 15 is 0 Å². The van der Waals surface area contributed by atoms with Gasteiger partial charge in [-0.3, -0.25) is 9.59 Å². The lowest BCUT2D eigenvalue weighted by Gasteiger charge is -2.34. The fourth-order valence-electron chi connectivity index (χ4n) is 5.15. The molecule has 2 N–H and O–H groups in total. The predicted octanol–water partition coefficient (Wildman–Crippen LogP) is 4.99. The van der Waals surface area contributed by atoms with Gasteiger partial charge in [0.1, 0.15) is 11.9 Å². The third-order valence-electron chi connectivity index (χ3n) is 7.56. The normalized spacial score (nSPS) is 14.6. The highest BCUT2D eigenvalue weighted by atomic mass is 16.2. The molecule has 2 aromatic carbocycles. The van der Waals surface area contributed by atoms with Gasteiger partial charge in [-0.2, -0.15) is 0 Å². The number of rotatable bonds is 11. The molecule has 2 amide bonds. The summed E-state index contributed by atoms with van der Waals surface area (Å²) in [5.74, 6) is 0.759. The molecule has 1 saturated heterocycles. The Morgan fingerprint density at radius 1 is 0.974 bits per heavy atom. The number of aryl methyl sites for hydroxylation is 1. The molecule has 0 aliphatic carbocycles. The minimum atomic E-state index is -0.486. The first-order chi connectivity index (χ1) is 19.0. The lowest BCUT2D eigenvalue weighted by molar-refractivity contribution is -0.135. The number of benzene rings is 2. The van der Waals surface area contributed by atoms with Gasteiger partial charge in [0.05, 0.1) is 11.9 Å². The Hall–Kier alpha value is -3.71. The molecule has 0 radical (unpaired) electrons. The van der Waals surface area contributed by atoms with Crippen LogP contribution in [0.4, 0.5) is 11.5 Å². The number of hydrogen-bond acceptors (Lipinski definition) is 5. The first-order valence-corrected chi connectivity index (χ1v) is 14.1. The van der Waals surface area contributed by atoms with Crippen molar-refractivity contribution in [3.8, 4) is 0 Å². The molecule has 7 heteroatoms. The van der Waals surface area contributed by atoms with Crippen LogP contribution in [0.15, 0.2) is 72.9 Å². The molecule has 4 rings (SSSR count).